The number of nitrogens with zero attached hydrogens (tertiary/aromatic N) is 1. The quantitative estimate of drug-likeness (QED) is 0.742. The first-order valence-electron chi connectivity index (χ1n) is 9.55. The maximum absolute atomic E-state index is 12.5. The number of hydrogen-bond donors (Lipinski definition) is 2. The van der Waals surface area contributed by atoms with E-state index < -0.39 is 0 Å². The third-order valence-electron chi connectivity index (χ3n) is 5.85. The van der Waals surface area contributed by atoms with Crippen LogP contribution < -0.4 is 5.32 Å². The first kappa shape index (κ1) is 16.3. The zero-order chi connectivity index (χ0) is 18.4. The van der Waals surface area contributed by atoms with Crippen molar-refractivity contribution in [3.8, 4) is 0 Å². The third kappa shape index (κ3) is 2.86. The zero-order valence-electron chi connectivity index (χ0n) is 15.4. The molecule has 1 unspecified atom stereocenters. The van der Waals surface area contributed by atoms with Crippen molar-refractivity contribution in [2.75, 3.05) is 18.9 Å². The molecule has 0 bridgehead atoms. The lowest BCUT2D eigenvalue weighted by atomic mass is 9.79. The Morgan fingerprint density at radius 2 is 2.04 bits per heavy atom. The van der Waals surface area contributed by atoms with Gasteiger partial charge in [0.15, 0.2) is 0 Å². The van der Waals surface area contributed by atoms with Crippen LogP contribution in [-0.2, 0) is 11.2 Å². The monoisotopic (exact) mass is 357 g/mol. The van der Waals surface area contributed by atoms with E-state index >= 15 is 0 Å². The number of aromatic amines is 1. The summed E-state index contributed by atoms with van der Waals surface area (Å²) in [5.74, 6) is 0.298. The van der Waals surface area contributed by atoms with Gasteiger partial charge in [0.05, 0.1) is 0 Å². The molecule has 1 aromatic heterocycles. The smallest absolute Gasteiger partial charge is 0.225 e. The molecule has 0 saturated heterocycles. The summed E-state index contributed by atoms with van der Waals surface area (Å²) in [6.45, 7) is 0.909. The molecule has 1 amide bonds. The van der Waals surface area contributed by atoms with Gasteiger partial charge in [-0.05, 0) is 54.3 Å². The predicted octanol–water partition coefficient (Wildman–Crippen LogP) is 4.07. The minimum Gasteiger partial charge on any atom is -0.361 e. The number of anilines is 1. The lowest BCUT2D eigenvalue weighted by molar-refractivity contribution is -0.116. The Bertz CT molecular complexity index is 1030. The van der Waals surface area contributed by atoms with Crippen molar-refractivity contribution in [3.63, 3.8) is 0 Å². The van der Waals surface area contributed by atoms with Gasteiger partial charge in [0.25, 0.3) is 0 Å². The maximum atomic E-state index is 12.5. The lowest BCUT2D eigenvalue weighted by Crippen LogP contribution is -2.43. The summed E-state index contributed by atoms with van der Waals surface area (Å²) < 4.78 is 0. The van der Waals surface area contributed by atoms with Crippen LogP contribution in [0.15, 0.2) is 60.8 Å². The summed E-state index contributed by atoms with van der Waals surface area (Å²) >= 11 is 0. The second-order valence-electron chi connectivity index (χ2n) is 7.70. The highest BCUT2D eigenvalue weighted by atomic mass is 16.1. The Hall–Kier alpha value is -2.85. The van der Waals surface area contributed by atoms with E-state index in [0.29, 0.717) is 12.5 Å². The number of carbonyl (C=O) groups excluding carboxylic acids is 1. The Morgan fingerprint density at radius 1 is 1.19 bits per heavy atom. The fourth-order valence-electron chi connectivity index (χ4n) is 4.65. The van der Waals surface area contributed by atoms with Crippen molar-refractivity contribution >= 4 is 28.1 Å². The van der Waals surface area contributed by atoms with E-state index in [2.05, 4.69) is 52.7 Å². The molecule has 2 atom stereocenters. The maximum Gasteiger partial charge on any atom is 0.225 e. The molecular formula is C23H23N3O. The normalized spacial score (nSPS) is 21.6. The number of aromatic nitrogens is 1. The molecule has 136 valence electrons. The van der Waals surface area contributed by atoms with Gasteiger partial charge >= 0.3 is 0 Å². The van der Waals surface area contributed by atoms with E-state index in [-0.39, 0.29) is 11.8 Å². The van der Waals surface area contributed by atoms with Crippen molar-refractivity contribution in [3.05, 3.63) is 71.9 Å². The highest BCUT2D eigenvalue weighted by Crippen LogP contribution is 2.41. The van der Waals surface area contributed by atoms with Crippen molar-refractivity contribution in [2.45, 2.75) is 18.9 Å². The van der Waals surface area contributed by atoms with E-state index in [1.807, 2.05) is 30.3 Å². The average Bonchev–Trinajstić information content (AvgIpc) is 3.08. The Morgan fingerprint density at radius 3 is 2.89 bits per heavy atom. The minimum absolute atomic E-state index is 0.0752. The molecule has 2 N–H and O–H groups in total. The summed E-state index contributed by atoms with van der Waals surface area (Å²) in [5.41, 5.74) is 6.15. The van der Waals surface area contributed by atoms with Gasteiger partial charge in [-0.2, -0.15) is 0 Å². The van der Waals surface area contributed by atoms with E-state index in [9.17, 15) is 4.79 Å². The molecule has 1 aliphatic carbocycles. The van der Waals surface area contributed by atoms with Crippen LogP contribution in [-0.4, -0.2) is 35.4 Å². The van der Waals surface area contributed by atoms with Gasteiger partial charge < -0.3 is 10.3 Å². The van der Waals surface area contributed by atoms with Crippen LogP contribution in [0.25, 0.3) is 16.5 Å². The van der Waals surface area contributed by atoms with Crippen LogP contribution in [0.1, 0.15) is 17.5 Å². The molecule has 1 aliphatic heterocycles. The van der Waals surface area contributed by atoms with E-state index in [4.69, 9.17) is 0 Å². The summed E-state index contributed by atoms with van der Waals surface area (Å²) in [6, 6.07) is 16.6. The van der Waals surface area contributed by atoms with Gasteiger partial charge in [-0.25, -0.2) is 0 Å². The first-order valence-corrected chi connectivity index (χ1v) is 9.55. The number of fused-ring (bicyclic) bond motifs is 2. The second-order valence-corrected chi connectivity index (χ2v) is 7.70. The number of benzene rings is 2. The van der Waals surface area contributed by atoms with Gasteiger partial charge in [0.1, 0.15) is 0 Å². The first-order chi connectivity index (χ1) is 13.2. The molecule has 3 aromatic rings. The number of para-hydroxylation sites is 1. The minimum atomic E-state index is 0.0752. The summed E-state index contributed by atoms with van der Waals surface area (Å²) in [7, 11) is 2.18. The molecule has 0 fully saturated rings. The molecule has 4 heteroatoms. The number of H-pyrrole nitrogens is 1. The molecule has 2 aromatic carbocycles. The standard InChI is InChI=1S/C23H23N3O/c1-26-14-15(11-22(27)25-17-6-3-2-4-7-17)10-19-18-8-5-9-20-23(18)16(13-24-20)12-21(19)26/h2-10,13,15,21,24H,11-12,14H2,1H3,(H,25,27)/t15?,21-/m0/s1. The van der Waals surface area contributed by atoms with Crippen LogP contribution in [0.2, 0.25) is 0 Å². The van der Waals surface area contributed by atoms with Crippen molar-refractivity contribution < 1.29 is 4.79 Å². The highest BCUT2D eigenvalue weighted by molar-refractivity contribution is 5.98. The zero-order valence-corrected chi connectivity index (χ0v) is 15.4. The molecule has 27 heavy (non-hydrogen) atoms. The molecule has 0 radical (unpaired) electrons. The van der Waals surface area contributed by atoms with E-state index in [0.717, 1.165) is 18.7 Å². The van der Waals surface area contributed by atoms with Crippen LogP contribution in [0.4, 0.5) is 5.69 Å². The molecule has 0 spiro atoms. The summed E-state index contributed by atoms with van der Waals surface area (Å²) in [4.78, 5) is 18.3. The largest absolute Gasteiger partial charge is 0.361 e. The van der Waals surface area contributed by atoms with E-state index in [1.54, 1.807) is 0 Å². The number of amides is 1. The number of carbonyl (C=O) groups is 1. The number of nitrogens with one attached hydrogen (secondary N) is 2. The lowest BCUT2D eigenvalue weighted by Gasteiger charge is -2.39. The Kier molecular flexibility index (Phi) is 3.87. The number of rotatable bonds is 3. The van der Waals surface area contributed by atoms with Crippen molar-refractivity contribution in [2.24, 2.45) is 5.92 Å². The Labute approximate surface area is 158 Å². The number of likely N-dealkylation sites (N-methyl/N-ethyl adjacent to an activating group) is 1. The predicted molar refractivity (Wildman–Crippen MR) is 110 cm³/mol. The fourth-order valence-corrected chi connectivity index (χ4v) is 4.65. The highest BCUT2D eigenvalue weighted by Gasteiger charge is 2.34. The second kappa shape index (κ2) is 6.39. The molecule has 5 rings (SSSR count). The van der Waals surface area contributed by atoms with Crippen LogP contribution in [0.5, 0.6) is 0 Å². The van der Waals surface area contributed by atoms with Crippen LogP contribution in [0, 0.1) is 5.92 Å². The van der Waals surface area contributed by atoms with Gasteiger partial charge in [0, 0.05) is 41.8 Å². The van der Waals surface area contributed by atoms with Crippen LogP contribution in [0.3, 0.4) is 0 Å². The van der Waals surface area contributed by atoms with Crippen molar-refractivity contribution in [1.29, 1.82) is 0 Å². The number of hydrogen-bond acceptors (Lipinski definition) is 2. The van der Waals surface area contributed by atoms with E-state index in [1.165, 1.54) is 27.6 Å². The van der Waals surface area contributed by atoms with Gasteiger partial charge in [-0.15, -0.1) is 0 Å². The Balaban J connectivity index is 1.43. The third-order valence-corrected chi connectivity index (χ3v) is 5.85. The van der Waals surface area contributed by atoms with Gasteiger partial charge in [-0.1, -0.05) is 36.4 Å². The SMILES string of the molecule is CN1CC(CC(=O)Nc2ccccc2)C=C2c3cccc4[nH]cc(c34)C[C@@H]21. The molecular weight excluding hydrogens is 334 g/mol. The molecule has 4 nitrogen and oxygen atoms in total. The average molecular weight is 357 g/mol. The summed E-state index contributed by atoms with van der Waals surface area (Å²) in [6.07, 6.45) is 6.03. The molecule has 2 aliphatic rings. The van der Waals surface area contributed by atoms with Crippen LogP contribution >= 0.6 is 0 Å². The van der Waals surface area contributed by atoms with Gasteiger partial charge in [-0.3, -0.25) is 9.69 Å². The van der Waals surface area contributed by atoms with Crippen molar-refractivity contribution in [1.82, 2.24) is 9.88 Å². The molecule has 2 heterocycles. The topological polar surface area (TPSA) is 48.1 Å². The molecule has 0 saturated carbocycles. The van der Waals surface area contributed by atoms with Gasteiger partial charge in [0.2, 0.25) is 5.91 Å². The summed E-state index contributed by atoms with van der Waals surface area (Å²) in [5, 5.41) is 4.37. The fraction of sp³-hybridized carbons (Fsp3) is 0.261.